The van der Waals surface area contributed by atoms with Gasteiger partial charge in [-0.2, -0.15) is 10.4 Å². The zero-order valence-corrected chi connectivity index (χ0v) is 15.8. The van der Waals surface area contributed by atoms with E-state index in [0.29, 0.717) is 34.6 Å². The second-order valence-electron chi connectivity index (χ2n) is 6.84. The summed E-state index contributed by atoms with van der Waals surface area (Å²) in [4.78, 5) is 19.6. The lowest BCUT2D eigenvalue weighted by atomic mass is 9.66. The van der Waals surface area contributed by atoms with E-state index in [9.17, 15) is 4.79 Å². The number of nitrogens with two attached hydrogens (primary N) is 1. The van der Waals surface area contributed by atoms with Crippen LogP contribution in [0.25, 0.3) is 22.0 Å². The van der Waals surface area contributed by atoms with Crippen LogP contribution in [0, 0.1) is 23.2 Å². The van der Waals surface area contributed by atoms with Gasteiger partial charge in [-0.1, -0.05) is 0 Å². The summed E-state index contributed by atoms with van der Waals surface area (Å²) in [7, 11) is 14.2. The molecule has 0 spiro atoms. The highest BCUT2D eigenvalue weighted by molar-refractivity contribution is 7.25. The monoisotopic (exact) mass is 385 g/mol. The van der Waals surface area contributed by atoms with Crippen molar-refractivity contribution in [1.82, 2.24) is 20.2 Å². The van der Waals surface area contributed by atoms with E-state index in [2.05, 4.69) is 40.8 Å². The second kappa shape index (κ2) is 6.61. The summed E-state index contributed by atoms with van der Waals surface area (Å²) < 4.78 is 0. The van der Waals surface area contributed by atoms with E-state index < -0.39 is 4.95 Å². The van der Waals surface area contributed by atoms with E-state index >= 15 is 0 Å². The lowest BCUT2D eigenvalue weighted by Gasteiger charge is -2.19. The fourth-order valence-corrected chi connectivity index (χ4v) is 3.26. The number of hydrogen-bond donors (Lipinski definition) is 3. The van der Waals surface area contributed by atoms with Crippen LogP contribution < -0.4 is 11.1 Å². The van der Waals surface area contributed by atoms with Gasteiger partial charge in [0.2, 0.25) is 5.91 Å². The molecular formula is C17H14B2N7OP. The first-order valence-corrected chi connectivity index (χ1v) is 9.03. The number of aromatic amines is 1. The first-order valence-electron chi connectivity index (χ1n) is 8.45. The van der Waals surface area contributed by atoms with Gasteiger partial charge in [-0.05, 0) is 28.9 Å². The molecule has 8 nitrogen and oxygen atoms in total. The maximum absolute atomic E-state index is 12.2. The zero-order valence-electron chi connectivity index (χ0n) is 14.7. The summed E-state index contributed by atoms with van der Waals surface area (Å²) in [5.74, 6) is -0.0513. The SMILES string of the molecule is [B]C([B])(P)c1[nH]ncc1-c1cc2cc(NC(=O)[C@H]3CC3C#N)ncc2c(N)n1. The number of amides is 1. The predicted molar refractivity (Wildman–Crippen MR) is 110 cm³/mol. The maximum atomic E-state index is 12.2. The molecule has 3 heterocycles. The molecule has 4 N–H and O–H groups in total. The molecule has 1 fully saturated rings. The third-order valence-corrected chi connectivity index (χ3v) is 4.93. The van der Waals surface area contributed by atoms with Crippen LogP contribution in [0.15, 0.2) is 24.5 Å². The minimum absolute atomic E-state index is 0.211. The van der Waals surface area contributed by atoms with Crippen LogP contribution in [0.5, 0.6) is 0 Å². The summed E-state index contributed by atoms with van der Waals surface area (Å²) in [6.45, 7) is 0. The predicted octanol–water partition coefficient (Wildman–Crippen LogP) is 1.02. The fraction of sp³-hybridized carbons (Fsp3) is 0.235. The zero-order chi connectivity index (χ0) is 20.1. The summed E-state index contributed by atoms with van der Waals surface area (Å²) in [5.41, 5.74) is 7.73. The van der Waals surface area contributed by atoms with Crippen molar-refractivity contribution in [1.29, 1.82) is 5.26 Å². The van der Waals surface area contributed by atoms with Crippen LogP contribution in [0.2, 0.25) is 0 Å². The Hall–Kier alpha value is -2.91. The van der Waals surface area contributed by atoms with E-state index in [-0.39, 0.29) is 23.6 Å². The summed E-state index contributed by atoms with van der Waals surface area (Å²) >= 11 is 0. The number of pyridine rings is 2. The number of H-pyrrole nitrogens is 1. The normalized spacial score (nSPS) is 18.6. The number of aromatic nitrogens is 4. The Morgan fingerprint density at radius 1 is 1.43 bits per heavy atom. The van der Waals surface area contributed by atoms with Crippen molar-refractivity contribution >= 4 is 53.2 Å². The summed E-state index contributed by atoms with van der Waals surface area (Å²) in [5, 5.41) is 19.8. The molecule has 3 aromatic rings. The molecule has 0 aliphatic heterocycles. The Labute approximate surface area is 165 Å². The quantitative estimate of drug-likeness (QED) is 0.454. The molecule has 11 heteroatoms. The molecule has 3 aromatic heterocycles. The van der Waals surface area contributed by atoms with Crippen LogP contribution in [0.1, 0.15) is 12.1 Å². The van der Waals surface area contributed by atoms with Crippen molar-refractivity contribution in [2.75, 3.05) is 11.1 Å². The van der Waals surface area contributed by atoms with Gasteiger partial charge in [0, 0.05) is 22.8 Å². The molecular weight excluding hydrogens is 371 g/mol. The number of carbonyl (C=O) groups excluding carboxylic acids is 1. The van der Waals surface area contributed by atoms with Crippen molar-refractivity contribution in [3.63, 3.8) is 0 Å². The number of rotatable bonds is 4. The summed E-state index contributed by atoms with van der Waals surface area (Å²) in [6, 6.07) is 5.60. The Morgan fingerprint density at radius 2 is 2.21 bits per heavy atom. The number of fused-ring (bicyclic) bond motifs is 1. The number of hydrogen-bond acceptors (Lipinski definition) is 6. The Kier molecular flexibility index (Phi) is 4.35. The third-order valence-electron chi connectivity index (χ3n) is 4.64. The average Bonchev–Trinajstić information content (AvgIpc) is 3.25. The van der Waals surface area contributed by atoms with Crippen LogP contribution in [-0.2, 0) is 9.75 Å². The molecule has 134 valence electrons. The molecule has 28 heavy (non-hydrogen) atoms. The number of nitrogens with one attached hydrogen (secondary N) is 2. The van der Waals surface area contributed by atoms with Crippen LogP contribution >= 0.6 is 9.24 Å². The number of nitriles is 1. The number of nitrogens with zero attached hydrogens (tertiary/aromatic N) is 4. The molecule has 0 saturated heterocycles. The number of nitrogen functional groups attached to an aromatic ring is 1. The smallest absolute Gasteiger partial charge is 0.230 e. The highest BCUT2D eigenvalue weighted by Crippen LogP contribution is 2.38. The first kappa shape index (κ1) is 18.5. The van der Waals surface area contributed by atoms with Crippen molar-refractivity contribution in [2.24, 2.45) is 11.8 Å². The fourth-order valence-electron chi connectivity index (χ4n) is 3.04. The molecule has 3 atom stereocenters. The first-order chi connectivity index (χ1) is 13.3. The van der Waals surface area contributed by atoms with Crippen molar-refractivity contribution in [3.8, 4) is 17.3 Å². The molecule has 0 bridgehead atoms. The van der Waals surface area contributed by atoms with Gasteiger partial charge in [0.25, 0.3) is 0 Å². The molecule has 4 radical (unpaired) electrons. The van der Waals surface area contributed by atoms with Gasteiger partial charge in [-0.25, -0.2) is 9.97 Å². The summed E-state index contributed by atoms with van der Waals surface area (Å²) in [6.07, 6.45) is 3.70. The highest BCUT2D eigenvalue weighted by Gasteiger charge is 2.43. The van der Waals surface area contributed by atoms with E-state index in [4.69, 9.17) is 26.7 Å². The molecule has 2 unspecified atom stereocenters. The Bertz CT molecular complexity index is 1130. The van der Waals surface area contributed by atoms with E-state index in [1.807, 2.05) is 0 Å². The maximum Gasteiger partial charge on any atom is 0.230 e. The number of carbonyl (C=O) groups is 1. The van der Waals surface area contributed by atoms with Crippen molar-refractivity contribution < 1.29 is 4.79 Å². The minimum Gasteiger partial charge on any atom is -0.383 e. The van der Waals surface area contributed by atoms with Gasteiger partial charge in [-0.3, -0.25) is 9.89 Å². The van der Waals surface area contributed by atoms with E-state index in [1.54, 1.807) is 24.5 Å². The molecule has 4 rings (SSSR count). The van der Waals surface area contributed by atoms with Crippen LogP contribution in [0.3, 0.4) is 0 Å². The highest BCUT2D eigenvalue weighted by atomic mass is 31.0. The minimum atomic E-state index is -1.21. The second-order valence-corrected chi connectivity index (χ2v) is 7.80. The number of anilines is 2. The van der Waals surface area contributed by atoms with Gasteiger partial charge in [-0.15, -0.1) is 9.24 Å². The van der Waals surface area contributed by atoms with Gasteiger partial charge < -0.3 is 11.1 Å². The topological polar surface area (TPSA) is 133 Å². The lowest BCUT2D eigenvalue weighted by molar-refractivity contribution is -0.117. The third kappa shape index (κ3) is 3.34. The molecule has 0 aromatic carbocycles. The van der Waals surface area contributed by atoms with Crippen LogP contribution in [0.4, 0.5) is 11.6 Å². The molecule has 1 aliphatic rings. The Balaban J connectivity index is 1.71. The van der Waals surface area contributed by atoms with Crippen molar-refractivity contribution in [2.45, 2.75) is 11.4 Å². The molecule has 1 aliphatic carbocycles. The standard InChI is InChI=1S/C17H14B2N7OP/c18-17(19,28)14-11(6-23-26-14)12-2-7-3-13(22-5-10(7)15(21)24-12)25-16(27)9-1-8(9)4-20/h2-3,5-6,8-9H,1,28H2,(H2,21,24)(H,23,26)(H,22,25,27)/t8?,9-/m0/s1. The van der Waals surface area contributed by atoms with E-state index in [1.165, 1.54) is 0 Å². The van der Waals surface area contributed by atoms with Crippen LogP contribution in [-0.4, -0.2) is 41.8 Å². The molecule has 1 saturated carbocycles. The molecule has 1 amide bonds. The van der Waals surface area contributed by atoms with Gasteiger partial charge in [0.05, 0.1) is 45.5 Å². The largest absolute Gasteiger partial charge is 0.383 e. The van der Waals surface area contributed by atoms with E-state index in [0.717, 1.165) is 5.39 Å². The Morgan fingerprint density at radius 3 is 2.89 bits per heavy atom. The average molecular weight is 385 g/mol. The van der Waals surface area contributed by atoms with Gasteiger partial charge in [0.1, 0.15) is 11.6 Å². The lowest BCUT2D eigenvalue weighted by Crippen LogP contribution is -2.19. The van der Waals surface area contributed by atoms with Gasteiger partial charge >= 0.3 is 0 Å². The van der Waals surface area contributed by atoms with Crippen molar-refractivity contribution in [3.05, 3.63) is 30.2 Å². The van der Waals surface area contributed by atoms with Gasteiger partial charge in [0.15, 0.2) is 0 Å².